The van der Waals surface area contributed by atoms with Gasteiger partial charge in [0.15, 0.2) is 0 Å². The number of carbonyl (C=O) groups is 1. The number of carboxylic acid groups (broad SMARTS) is 1. The lowest BCUT2D eigenvalue weighted by Crippen LogP contribution is -2.53. The van der Waals surface area contributed by atoms with Gasteiger partial charge < -0.3 is 20.1 Å². The third-order valence-corrected chi connectivity index (χ3v) is 7.85. The fourth-order valence-electron chi connectivity index (χ4n) is 5.87. The van der Waals surface area contributed by atoms with Crippen LogP contribution in [0.3, 0.4) is 0 Å². The Morgan fingerprint density at radius 3 is 2.55 bits per heavy atom. The number of rotatable bonds is 9. The average Bonchev–Trinajstić information content (AvgIpc) is 3.53. The van der Waals surface area contributed by atoms with E-state index >= 15 is 0 Å². The molecule has 1 aromatic carbocycles. The molecular formula is C26H38N2O3. The number of ether oxygens (including phenoxy) is 1. The second kappa shape index (κ2) is 9.74. The topological polar surface area (TPSA) is 61.8 Å². The summed E-state index contributed by atoms with van der Waals surface area (Å²) in [7, 11) is 0. The molecule has 1 saturated heterocycles. The number of nitrogens with one attached hydrogen (secondary N) is 1. The Bertz CT molecular complexity index is 740. The average molecular weight is 427 g/mol. The minimum Gasteiger partial charge on any atom is -0.465 e. The second-order valence-electron chi connectivity index (χ2n) is 9.95. The molecule has 0 unspecified atom stereocenters. The van der Waals surface area contributed by atoms with Crippen LogP contribution in [0.4, 0.5) is 4.79 Å². The van der Waals surface area contributed by atoms with Crippen molar-refractivity contribution in [1.29, 1.82) is 0 Å². The van der Waals surface area contributed by atoms with E-state index in [1.54, 1.807) is 4.90 Å². The van der Waals surface area contributed by atoms with Gasteiger partial charge in [-0.05, 0) is 57.2 Å². The van der Waals surface area contributed by atoms with Gasteiger partial charge in [-0.3, -0.25) is 0 Å². The molecule has 3 fully saturated rings. The summed E-state index contributed by atoms with van der Waals surface area (Å²) in [5.41, 5.74) is 0.741. The van der Waals surface area contributed by atoms with E-state index in [0.29, 0.717) is 25.7 Å². The van der Waals surface area contributed by atoms with Crippen molar-refractivity contribution in [3.05, 3.63) is 48.6 Å². The molecule has 0 aromatic heterocycles. The largest absolute Gasteiger partial charge is 0.465 e. The normalized spacial score (nSPS) is 28.1. The van der Waals surface area contributed by atoms with E-state index in [0.717, 1.165) is 45.2 Å². The Balaban J connectivity index is 1.53. The van der Waals surface area contributed by atoms with Gasteiger partial charge in [0.2, 0.25) is 0 Å². The van der Waals surface area contributed by atoms with Crippen LogP contribution < -0.4 is 5.32 Å². The van der Waals surface area contributed by atoms with Crippen molar-refractivity contribution in [3.63, 3.8) is 0 Å². The van der Waals surface area contributed by atoms with Crippen LogP contribution in [-0.4, -0.2) is 54.0 Å². The zero-order valence-electron chi connectivity index (χ0n) is 18.7. The number of piperidine rings is 1. The summed E-state index contributed by atoms with van der Waals surface area (Å²) in [5, 5.41) is 13.8. The van der Waals surface area contributed by atoms with Crippen molar-refractivity contribution in [2.75, 3.05) is 26.2 Å². The molecule has 1 aliphatic heterocycles. The summed E-state index contributed by atoms with van der Waals surface area (Å²) in [4.78, 5) is 14.4. The summed E-state index contributed by atoms with van der Waals surface area (Å²) in [6, 6.07) is 10.4. The molecule has 31 heavy (non-hydrogen) atoms. The standard InChI is InChI=1S/C26H38N2O3/c1-2-13-26(18-23(26)21-9-5-3-6-10-21)28(24(29)30)19-25(14-16-27-17-15-25)20-31-22-11-7-4-8-12-22/h2-3,5-6,9-10,22-23,27H,1,4,7-8,11-20H2,(H,29,30)/t23-,26+/m0/s1. The molecule has 0 radical (unpaired) electrons. The van der Waals surface area contributed by atoms with Crippen molar-refractivity contribution < 1.29 is 14.6 Å². The van der Waals surface area contributed by atoms with Crippen LogP contribution >= 0.6 is 0 Å². The highest BCUT2D eigenvalue weighted by Crippen LogP contribution is 2.58. The monoisotopic (exact) mass is 426 g/mol. The maximum Gasteiger partial charge on any atom is 0.407 e. The molecule has 1 aromatic rings. The lowest BCUT2D eigenvalue weighted by Gasteiger charge is -2.44. The molecule has 3 aliphatic rings. The van der Waals surface area contributed by atoms with Gasteiger partial charge in [0.1, 0.15) is 0 Å². The zero-order chi connectivity index (χ0) is 21.7. The third kappa shape index (κ3) is 4.98. The number of hydrogen-bond donors (Lipinski definition) is 2. The Labute approximate surface area is 186 Å². The lowest BCUT2D eigenvalue weighted by molar-refractivity contribution is -0.0515. The first-order valence-corrected chi connectivity index (χ1v) is 12.1. The predicted molar refractivity (Wildman–Crippen MR) is 123 cm³/mol. The summed E-state index contributed by atoms with van der Waals surface area (Å²) in [6.45, 7) is 7.04. The molecule has 4 rings (SSSR count). The van der Waals surface area contributed by atoms with Crippen LogP contribution in [0, 0.1) is 5.41 Å². The smallest absolute Gasteiger partial charge is 0.407 e. The highest BCUT2D eigenvalue weighted by atomic mass is 16.5. The molecule has 2 saturated carbocycles. The second-order valence-corrected chi connectivity index (χ2v) is 9.95. The van der Waals surface area contributed by atoms with E-state index in [9.17, 15) is 9.90 Å². The van der Waals surface area contributed by atoms with Gasteiger partial charge in [-0.15, -0.1) is 6.58 Å². The van der Waals surface area contributed by atoms with Crippen molar-refractivity contribution in [2.24, 2.45) is 5.41 Å². The summed E-state index contributed by atoms with van der Waals surface area (Å²) in [6.07, 6.45) is 11.0. The van der Waals surface area contributed by atoms with Crippen LogP contribution in [0.5, 0.6) is 0 Å². The Morgan fingerprint density at radius 1 is 1.19 bits per heavy atom. The highest BCUT2D eigenvalue weighted by Gasteiger charge is 2.60. The van der Waals surface area contributed by atoms with Crippen molar-refractivity contribution in [1.82, 2.24) is 10.2 Å². The SMILES string of the molecule is C=CC[C@@]1(N(CC2(COC3CCCCC3)CCNCC2)C(=O)O)C[C@H]1c1ccccc1. The van der Waals surface area contributed by atoms with Crippen molar-refractivity contribution in [3.8, 4) is 0 Å². The minimum atomic E-state index is -0.809. The number of amides is 1. The third-order valence-electron chi connectivity index (χ3n) is 7.85. The summed E-state index contributed by atoms with van der Waals surface area (Å²) < 4.78 is 6.44. The van der Waals surface area contributed by atoms with Gasteiger partial charge in [-0.2, -0.15) is 0 Å². The van der Waals surface area contributed by atoms with Crippen molar-refractivity contribution >= 4 is 6.09 Å². The molecule has 170 valence electrons. The van der Waals surface area contributed by atoms with Crippen LogP contribution in [0.2, 0.25) is 0 Å². The number of hydrogen-bond acceptors (Lipinski definition) is 3. The van der Waals surface area contributed by atoms with E-state index < -0.39 is 6.09 Å². The van der Waals surface area contributed by atoms with E-state index in [-0.39, 0.29) is 16.9 Å². The molecule has 5 nitrogen and oxygen atoms in total. The van der Waals surface area contributed by atoms with Gasteiger partial charge in [-0.1, -0.05) is 55.7 Å². The van der Waals surface area contributed by atoms with Gasteiger partial charge >= 0.3 is 6.09 Å². The van der Waals surface area contributed by atoms with Gasteiger partial charge in [0.05, 0.1) is 18.2 Å². The molecule has 2 atom stereocenters. The first-order valence-electron chi connectivity index (χ1n) is 12.1. The van der Waals surface area contributed by atoms with E-state index in [1.165, 1.54) is 24.8 Å². The van der Waals surface area contributed by atoms with Crippen LogP contribution in [-0.2, 0) is 4.74 Å². The summed E-state index contributed by atoms with van der Waals surface area (Å²) >= 11 is 0. The maximum absolute atomic E-state index is 12.6. The van der Waals surface area contributed by atoms with Crippen LogP contribution in [0.25, 0.3) is 0 Å². The van der Waals surface area contributed by atoms with Gasteiger partial charge in [0.25, 0.3) is 0 Å². The van der Waals surface area contributed by atoms with Crippen molar-refractivity contribution in [2.45, 2.75) is 75.3 Å². The Hall–Kier alpha value is -1.85. The Morgan fingerprint density at radius 2 is 1.90 bits per heavy atom. The maximum atomic E-state index is 12.6. The quantitative estimate of drug-likeness (QED) is 0.534. The predicted octanol–water partition coefficient (Wildman–Crippen LogP) is 5.19. The first kappa shape index (κ1) is 22.3. The first-order chi connectivity index (χ1) is 15.1. The van der Waals surface area contributed by atoms with Crippen LogP contribution in [0.15, 0.2) is 43.0 Å². The molecule has 1 amide bonds. The molecular weight excluding hydrogens is 388 g/mol. The fraction of sp³-hybridized carbons (Fsp3) is 0.654. The van der Waals surface area contributed by atoms with Gasteiger partial charge in [0, 0.05) is 17.9 Å². The summed E-state index contributed by atoms with van der Waals surface area (Å²) in [5.74, 6) is 0.237. The molecule has 2 aliphatic carbocycles. The molecule has 0 bridgehead atoms. The van der Waals surface area contributed by atoms with E-state index in [1.807, 2.05) is 24.3 Å². The number of nitrogens with zero attached hydrogens (tertiary/aromatic N) is 1. The molecule has 2 N–H and O–H groups in total. The Kier molecular flexibility index (Phi) is 7.02. The minimum absolute atomic E-state index is 0.112. The zero-order valence-corrected chi connectivity index (χ0v) is 18.7. The molecule has 0 spiro atoms. The number of benzene rings is 1. The highest BCUT2D eigenvalue weighted by molar-refractivity contribution is 5.68. The van der Waals surface area contributed by atoms with Crippen LogP contribution in [0.1, 0.15) is 69.3 Å². The molecule has 1 heterocycles. The lowest BCUT2D eigenvalue weighted by atomic mass is 9.78. The van der Waals surface area contributed by atoms with Gasteiger partial charge in [-0.25, -0.2) is 4.79 Å². The van der Waals surface area contributed by atoms with E-state index in [2.05, 4.69) is 24.0 Å². The molecule has 5 heteroatoms. The fourth-order valence-corrected chi connectivity index (χ4v) is 5.87. The van der Waals surface area contributed by atoms with E-state index in [4.69, 9.17) is 4.74 Å².